The number of benzene rings is 1. The highest BCUT2D eigenvalue weighted by atomic mass is 35.5. The second-order valence-electron chi connectivity index (χ2n) is 5.29. The number of hydrogen-bond acceptors (Lipinski definition) is 3. The maximum atomic E-state index is 6.25. The highest BCUT2D eigenvalue weighted by Gasteiger charge is 2.11. The first-order valence-electron chi connectivity index (χ1n) is 7.36. The SMILES string of the molecule is CCCNCC(=Cc1cc(Cl)c(OC)c(OC)c1)C(C)C. The molecule has 0 bridgehead atoms. The average molecular weight is 312 g/mol. The molecule has 0 saturated carbocycles. The maximum absolute atomic E-state index is 6.25. The summed E-state index contributed by atoms with van der Waals surface area (Å²) in [5, 5.41) is 4.01. The van der Waals surface area contributed by atoms with Crippen LogP contribution in [0.2, 0.25) is 5.02 Å². The first kappa shape index (κ1) is 17.9. The van der Waals surface area contributed by atoms with E-state index in [-0.39, 0.29) is 0 Å². The number of rotatable bonds is 8. The van der Waals surface area contributed by atoms with Crippen LogP contribution in [0.25, 0.3) is 6.08 Å². The Labute approximate surface area is 133 Å². The van der Waals surface area contributed by atoms with E-state index in [2.05, 4.69) is 32.2 Å². The predicted molar refractivity (Wildman–Crippen MR) is 90.5 cm³/mol. The molecule has 0 aromatic heterocycles. The zero-order chi connectivity index (χ0) is 15.8. The van der Waals surface area contributed by atoms with Gasteiger partial charge in [-0.1, -0.05) is 44.0 Å². The van der Waals surface area contributed by atoms with Crippen molar-refractivity contribution in [3.8, 4) is 11.5 Å². The van der Waals surface area contributed by atoms with Crippen molar-refractivity contribution in [3.63, 3.8) is 0 Å². The molecule has 0 saturated heterocycles. The van der Waals surface area contributed by atoms with Gasteiger partial charge in [-0.2, -0.15) is 0 Å². The molecule has 0 radical (unpaired) electrons. The van der Waals surface area contributed by atoms with E-state index < -0.39 is 0 Å². The molecular weight excluding hydrogens is 286 g/mol. The van der Waals surface area contributed by atoms with Gasteiger partial charge in [0.05, 0.1) is 19.2 Å². The highest BCUT2D eigenvalue weighted by Crippen LogP contribution is 2.36. The van der Waals surface area contributed by atoms with Crippen LogP contribution >= 0.6 is 11.6 Å². The fourth-order valence-corrected chi connectivity index (χ4v) is 2.36. The van der Waals surface area contributed by atoms with Crippen molar-refractivity contribution >= 4 is 17.7 Å². The van der Waals surface area contributed by atoms with Crippen LogP contribution in [0.4, 0.5) is 0 Å². The minimum absolute atomic E-state index is 0.473. The molecule has 0 atom stereocenters. The fraction of sp³-hybridized carbons (Fsp3) is 0.529. The van der Waals surface area contributed by atoms with Crippen LogP contribution in [-0.4, -0.2) is 27.3 Å². The lowest BCUT2D eigenvalue weighted by atomic mass is 10.00. The standard InChI is InChI=1S/C17H26ClNO2/c1-6-7-19-11-14(12(2)3)8-13-9-15(18)17(21-5)16(10-13)20-4/h8-10,12,19H,6-7,11H2,1-5H3. The molecule has 21 heavy (non-hydrogen) atoms. The third-order valence-electron chi connectivity index (χ3n) is 3.31. The molecule has 0 aliphatic heterocycles. The Bertz CT molecular complexity index is 484. The molecule has 0 heterocycles. The summed E-state index contributed by atoms with van der Waals surface area (Å²) < 4.78 is 10.6. The molecule has 3 nitrogen and oxygen atoms in total. The van der Waals surface area contributed by atoms with Gasteiger partial charge in [0.25, 0.3) is 0 Å². The molecule has 0 spiro atoms. The summed E-state index contributed by atoms with van der Waals surface area (Å²) in [7, 11) is 3.21. The summed E-state index contributed by atoms with van der Waals surface area (Å²) in [6, 6.07) is 3.86. The Morgan fingerprint density at radius 3 is 2.52 bits per heavy atom. The third-order valence-corrected chi connectivity index (χ3v) is 3.59. The van der Waals surface area contributed by atoms with E-state index in [9.17, 15) is 0 Å². The number of halogens is 1. The zero-order valence-corrected chi connectivity index (χ0v) is 14.4. The first-order chi connectivity index (χ1) is 10.0. The van der Waals surface area contributed by atoms with Gasteiger partial charge < -0.3 is 14.8 Å². The number of hydrogen-bond donors (Lipinski definition) is 1. The smallest absolute Gasteiger partial charge is 0.179 e. The van der Waals surface area contributed by atoms with Crippen molar-refractivity contribution in [2.45, 2.75) is 27.2 Å². The molecule has 1 aromatic carbocycles. The van der Waals surface area contributed by atoms with Crippen LogP contribution in [-0.2, 0) is 0 Å². The highest BCUT2D eigenvalue weighted by molar-refractivity contribution is 6.32. The van der Waals surface area contributed by atoms with Gasteiger partial charge in [0.2, 0.25) is 0 Å². The second kappa shape index (κ2) is 8.96. The first-order valence-corrected chi connectivity index (χ1v) is 7.73. The van der Waals surface area contributed by atoms with E-state index in [0.717, 1.165) is 25.1 Å². The zero-order valence-electron chi connectivity index (χ0n) is 13.6. The summed E-state index contributed by atoms with van der Waals surface area (Å²) >= 11 is 6.25. The topological polar surface area (TPSA) is 30.5 Å². The van der Waals surface area contributed by atoms with Crippen molar-refractivity contribution in [2.75, 3.05) is 27.3 Å². The Hall–Kier alpha value is -1.19. The van der Waals surface area contributed by atoms with Crippen LogP contribution < -0.4 is 14.8 Å². The van der Waals surface area contributed by atoms with Gasteiger partial charge in [-0.25, -0.2) is 0 Å². The molecule has 1 N–H and O–H groups in total. The van der Waals surface area contributed by atoms with Gasteiger partial charge in [0.1, 0.15) is 0 Å². The number of ether oxygens (including phenoxy) is 2. The summed E-state index contributed by atoms with van der Waals surface area (Å²) in [4.78, 5) is 0. The van der Waals surface area contributed by atoms with Crippen molar-refractivity contribution < 1.29 is 9.47 Å². The molecule has 0 aliphatic rings. The van der Waals surface area contributed by atoms with Crippen molar-refractivity contribution in [1.29, 1.82) is 0 Å². The molecule has 0 fully saturated rings. The van der Waals surface area contributed by atoms with Gasteiger partial charge in [0.15, 0.2) is 11.5 Å². The molecule has 1 aromatic rings. The molecule has 0 aliphatic carbocycles. The van der Waals surface area contributed by atoms with Gasteiger partial charge in [-0.3, -0.25) is 0 Å². The number of methoxy groups -OCH3 is 2. The monoisotopic (exact) mass is 311 g/mol. The Kier molecular flexibility index (Phi) is 7.62. The van der Waals surface area contributed by atoms with Gasteiger partial charge in [-0.15, -0.1) is 0 Å². The van der Waals surface area contributed by atoms with Crippen molar-refractivity contribution in [1.82, 2.24) is 5.32 Å². The van der Waals surface area contributed by atoms with Crippen molar-refractivity contribution in [2.24, 2.45) is 5.92 Å². The molecule has 0 amide bonds. The normalized spacial score (nSPS) is 11.9. The number of nitrogens with one attached hydrogen (secondary N) is 1. The van der Waals surface area contributed by atoms with E-state index in [4.69, 9.17) is 21.1 Å². The van der Waals surface area contributed by atoms with Crippen molar-refractivity contribution in [3.05, 3.63) is 28.3 Å². The quantitative estimate of drug-likeness (QED) is 0.722. The summed E-state index contributed by atoms with van der Waals surface area (Å²) in [6.07, 6.45) is 3.30. The molecular formula is C17H26ClNO2. The van der Waals surface area contributed by atoms with E-state index in [1.807, 2.05) is 12.1 Å². The van der Waals surface area contributed by atoms with Gasteiger partial charge in [0, 0.05) is 6.54 Å². The van der Waals surface area contributed by atoms with Crippen LogP contribution in [0, 0.1) is 5.92 Å². The average Bonchev–Trinajstić information content (AvgIpc) is 2.45. The Morgan fingerprint density at radius 2 is 2.00 bits per heavy atom. The van der Waals surface area contributed by atoms with E-state index >= 15 is 0 Å². The largest absolute Gasteiger partial charge is 0.493 e. The summed E-state index contributed by atoms with van der Waals surface area (Å²) in [5.74, 6) is 1.70. The summed E-state index contributed by atoms with van der Waals surface area (Å²) in [5.41, 5.74) is 2.37. The van der Waals surface area contributed by atoms with Crippen LogP contribution in [0.1, 0.15) is 32.8 Å². The van der Waals surface area contributed by atoms with Crippen LogP contribution in [0.15, 0.2) is 17.7 Å². The molecule has 4 heteroatoms. The minimum atomic E-state index is 0.473. The van der Waals surface area contributed by atoms with Crippen LogP contribution in [0.5, 0.6) is 11.5 Å². The lowest BCUT2D eigenvalue weighted by Gasteiger charge is -2.14. The predicted octanol–water partition coefficient (Wildman–Crippen LogP) is 4.40. The molecule has 118 valence electrons. The Morgan fingerprint density at radius 1 is 1.29 bits per heavy atom. The molecule has 1 rings (SSSR count). The summed E-state index contributed by atoms with van der Waals surface area (Å²) in [6.45, 7) is 8.47. The van der Waals surface area contributed by atoms with E-state index in [0.29, 0.717) is 22.4 Å². The maximum Gasteiger partial charge on any atom is 0.179 e. The van der Waals surface area contributed by atoms with Crippen LogP contribution in [0.3, 0.4) is 0 Å². The minimum Gasteiger partial charge on any atom is -0.493 e. The Balaban J connectivity index is 3.06. The lowest BCUT2D eigenvalue weighted by molar-refractivity contribution is 0.355. The van der Waals surface area contributed by atoms with Gasteiger partial charge in [-0.05, 0) is 36.6 Å². The molecule has 0 unspecified atom stereocenters. The third kappa shape index (κ3) is 5.25. The lowest BCUT2D eigenvalue weighted by Crippen LogP contribution is -2.19. The van der Waals surface area contributed by atoms with Gasteiger partial charge >= 0.3 is 0 Å². The van der Waals surface area contributed by atoms with E-state index in [1.165, 1.54) is 5.57 Å². The van der Waals surface area contributed by atoms with E-state index in [1.54, 1.807) is 14.2 Å². The second-order valence-corrected chi connectivity index (χ2v) is 5.70. The fourth-order valence-electron chi connectivity index (χ4n) is 2.07.